The van der Waals surface area contributed by atoms with Crippen molar-refractivity contribution in [1.29, 1.82) is 0 Å². The van der Waals surface area contributed by atoms with Gasteiger partial charge in [0.25, 0.3) is 0 Å². The van der Waals surface area contributed by atoms with E-state index < -0.39 is 0 Å². The first kappa shape index (κ1) is 13.8. The summed E-state index contributed by atoms with van der Waals surface area (Å²) < 4.78 is 5.85. The zero-order valence-electron chi connectivity index (χ0n) is 11.9. The highest BCUT2D eigenvalue weighted by molar-refractivity contribution is 5.35. The molecule has 2 rings (SSSR count). The first-order valence-electron chi connectivity index (χ1n) is 7.06. The minimum absolute atomic E-state index is 0.681. The number of hydrogen-bond donors (Lipinski definition) is 0. The summed E-state index contributed by atoms with van der Waals surface area (Å²) in [7, 11) is 0. The molecule has 0 spiro atoms. The molecule has 0 aliphatic heterocycles. The van der Waals surface area contributed by atoms with Gasteiger partial charge in [-0.1, -0.05) is 62.4 Å². The zero-order chi connectivity index (χ0) is 13.5. The van der Waals surface area contributed by atoms with E-state index in [0.29, 0.717) is 13.2 Å². The molecule has 2 aromatic rings. The van der Waals surface area contributed by atoms with Crippen LogP contribution in [0.4, 0.5) is 0 Å². The van der Waals surface area contributed by atoms with Gasteiger partial charge in [0.1, 0.15) is 0 Å². The Labute approximate surface area is 116 Å². The molecule has 0 radical (unpaired) electrons. The summed E-state index contributed by atoms with van der Waals surface area (Å²) in [4.78, 5) is 0. The van der Waals surface area contributed by atoms with Crippen LogP contribution in [0.5, 0.6) is 0 Å². The van der Waals surface area contributed by atoms with Gasteiger partial charge in [-0.3, -0.25) is 0 Å². The lowest BCUT2D eigenvalue weighted by molar-refractivity contribution is 0.106. The van der Waals surface area contributed by atoms with E-state index in [1.54, 1.807) is 0 Å². The molecule has 1 nitrogen and oxygen atoms in total. The second kappa shape index (κ2) is 7.10. The Balaban J connectivity index is 2.00. The monoisotopic (exact) mass is 254 g/mol. The first-order valence-corrected chi connectivity index (χ1v) is 7.06. The Morgan fingerprint density at radius 3 is 2.16 bits per heavy atom. The highest BCUT2D eigenvalue weighted by Gasteiger charge is 2.05. The first-order chi connectivity index (χ1) is 9.35. The molecule has 0 atom stereocenters. The van der Waals surface area contributed by atoms with E-state index in [1.807, 2.05) is 18.2 Å². The minimum atomic E-state index is 0.681. The van der Waals surface area contributed by atoms with Crippen molar-refractivity contribution in [3.63, 3.8) is 0 Å². The van der Waals surface area contributed by atoms with Crippen molar-refractivity contribution in [3.8, 4) is 0 Å². The van der Waals surface area contributed by atoms with Gasteiger partial charge < -0.3 is 4.74 Å². The van der Waals surface area contributed by atoms with Crippen molar-refractivity contribution < 1.29 is 4.74 Å². The molecular formula is C18H22O. The summed E-state index contributed by atoms with van der Waals surface area (Å²) in [5.41, 5.74) is 5.46. The standard InChI is InChI=1S/C18H22O/c1-3-16-11-8-12-17(18(16)4-2)14-19-13-15-9-6-5-7-10-15/h5-12H,3-4,13-14H2,1-2H3. The van der Waals surface area contributed by atoms with Crippen LogP contribution in [0.1, 0.15) is 36.1 Å². The summed E-state index contributed by atoms with van der Waals surface area (Å²) in [6, 6.07) is 16.9. The predicted molar refractivity (Wildman–Crippen MR) is 80.1 cm³/mol. The van der Waals surface area contributed by atoms with Crippen LogP contribution in [0.3, 0.4) is 0 Å². The fourth-order valence-corrected chi connectivity index (χ4v) is 2.46. The van der Waals surface area contributed by atoms with Crippen molar-refractivity contribution in [2.45, 2.75) is 39.9 Å². The SMILES string of the molecule is CCc1cccc(COCc2ccccc2)c1CC. The summed E-state index contributed by atoms with van der Waals surface area (Å²) >= 11 is 0. The smallest absolute Gasteiger partial charge is 0.0724 e. The molecule has 1 heteroatoms. The van der Waals surface area contributed by atoms with E-state index in [-0.39, 0.29) is 0 Å². The maximum atomic E-state index is 5.85. The number of hydrogen-bond acceptors (Lipinski definition) is 1. The number of aryl methyl sites for hydroxylation is 1. The summed E-state index contributed by atoms with van der Waals surface area (Å²) in [5.74, 6) is 0. The van der Waals surface area contributed by atoms with Crippen LogP contribution < -0.4 is 0 Å². The van der Waals surface area contributed by atoms with Crippen LogP contribution in [-0.2, 0) is 30.8 Å². The lowest BCUT2D eigenvalue weighted by Gasteiger charge is -2.13. The van der Waals surface area contributed by atoms with Gasteiger partial charge >= 0.3 is 0 Å². The molecule has 0 aromatic heterocycles. The van der Waals surface area contributed by atoms with E-state index in [1.165, 1.54) is 22.3 Å². The average molecular weight is 254 g/mol. The van der Waals surface area contributed by atoms with Crippen LogP contribution in [-0.4, -0.2) is 0 Å². The second-order valence-electron chi connectivity index (χ2n) is 4.74. The van der Waals surface area contributed by atoms with E-state index in [4.69, 9.17) is 4.74 Å². The highest BCUT2D eigenvalue weighted by atomic mass is 16.5. The van der Waals surface area contributed by atoms with Gasteiger partial charge in [-0.2, -0.15) is 0 Å². The van der Waals surface area contributed by atoms with Crippen LogP contribution in [0.25, 0.3) is 0 Å². The molecule has 0 amide bonds. The van der Waals surface area contributed by atoms with Crippen LogP contribution in [0, 0.1) is 0 Å². The maximum Gasteiger partial charge on any atom is 0.0724 e. The molecule has 0 N–H and O–H groups in total. The van der Waals surface area contributed by atoms with Gasteiger partial charge in [0.2, 0.25) is 0 Å². The summed E-state index contributed by atoms with van der Waals surface area (Å²) in [6.45, 7) is 5.81. The van der Waals surface area contributed by atoms with Crippen molar-refractivity contribution in [2.24, 2.45) is 0 Å². The molecule has 0 aliphatic rings. The van der Waals surface area contributed by atoms with Crippen LogP contribution in [0.2, 0.25) is 0 Å². The summed E-state index contributed by atoms with van der Waals surface area (Å²) in [5, 5.41) is 0. The van der Waals surface area contributed by atoms with E-state index in [0.717, 1.165) is 12.8 Å². The average Bonchev–Trinajstić information content (AvgIpc) is 2.48. The topological polar surface area (TPSA) is 9.23 Å². The molecule has 0 aliphatic carbocycles. The Hall–Kier alpha value is -1.60. The van der Waals surface area contributed by atoms with Crippen LogP contribution in [0.15, 0.2) is 48.5 Å². The third-order valence-electron chi connectivity index (χ3n) is 3.47. The van der Waals surface area contributed by atoms with E-state index in [9.17, 15) is 0 Å². The third kappa shape index (κ3) is 3.68. The molecule has 0 saturated carbocycles. The Morgan fingerprint density at radius 2 is 1.47 bits per heavy atom. The fraction of sp³-hybridized carbons (Fsp3) is 0.333. The van der Waals surface area contributed by atoms with Crippen LogP contribution >= 0.6 is 0 Å². The quantitative estimate of drug-likeness (QED) is 0.736. The zero-order valence-corrected chi connectivity index (χ0v) is 11.9. The molecule has 2 aromatic carbocycles. The molecule has 19 heavy (non-hydrogen) atoms. The van der Waals surface area contributed by atoms with Crippen molar-refractivity contribution in [2.75, 3.05) is 0 Å². The predicted octanol–water partition coefficient (Wildman–Crippen LogP) is 4.53. The molecule has 0 heterocycles. The molecule has 0 bridgehead atoms. The largest absolute Gasteiger partial charge is 0.372 e. The van der Waals surface area contributed by atoms with Crippen molar-refractivity contribution in [1.82, 2.24) is 0 Å². The van der Waals surface area contributed by atoms with Crippen molar-refractivity contribution in [3.05, 3.63) is 70.8 Å². The third-order valence-corrected chi connectivity index (χ3v) is 3.47. The van der Waals surface area contributed by atoms with Gasteiger partial charge in [0, 0.05) is 0 Å². The maximum absolute atomic E-state index is 5.85. The highest BCUT2D eigenvalue weighted by Crippen LogP contribution is 2.18. The molecule has 100 valence electrons. The van der Waals surface area contributed by atoms with Gasteiger partial charge in [-0.15, -0.1) is 0 Å². The van der Waals surface area contributed by atoms with Gasteiger partial charge in [0.15, 0.2) is 0 Å². The van der Waals surface area contributed by atoms with Crippen molar-refractivity contribution >= 4 is 0 Å². The van der Waals surface area contributed by atoms with Gasteiger partial charge in [-0.05, 0) is 35.1 Å². The van der Waals surface area contributed by atoms with E-state index >= 15 is 0 Å². The molecule has 0 fully saturated rings. The lowest BCUT2D eigenvalue weighted by atomic mass is 9.97. The Bertz CT molecular complexity index is 502. The van der Waals surface area contributed by atoms with Gasteiger partial charge in [-0.25, -0.2) is 0 Å². The number of rotatable bonds is 6. The fourth-order valence-electron chi connectivity index (χ4n) is 2.46. The molecule has 0 saturated heterocycles. The second-order valence-corrected chi connectivity index (χ2v) is 4.74. The number of benzene rings is 2. The molecule has 0 unspecified atom stereocenters. The molecular weight excluding hydrogens is 232 g/mol. The Kier molecular flexibility index (Phi) is 5.17. The summed E-state index contributed by atoms with van der Waals surface area (Å²) in [6.07, 6.45) is 2.17. The lowest BCUT2D eigenvalue weighted by Crippen LogP contribution is -2.01. The minimum Gasteiger partial charge on any atom is -0.372 e. The number of ether oxygens (including phenoxy) is 1. The van der Waals surface area contributed by atoms with Gasteiger partial charge in [0.05, 0.1) is 13.2 Å². The Morgan fingerprint density at radius 1 is 0.737 bits per heavy atom. The normalized spacial score (nSPS) is 10.6. The van der Waals surface area contributed by atoms with E-state index in [2.05, 4.69) is 44.2 Å².